The molecule has 0 bridgehead atoms. The number of carbonyl (C=O) groups is 2. The number of rotatable bonds is 6. The van der Waals surface area contributed by atoms with E-state index in [2.05, 4.69) is 4.98 Å². The van der Waals surface area contributed by atoms with Crippen LogP contribution in [-0.2, 0) is 16.1 Å². The minimum absolute atomic E-state index is 0.0517. The first kappa shape index (κ1) is 20.7. The van der Waals surface area contributed by atoms with Crippen LogP contribution in [0.15, 0.2) is 66.8 Å². The van der Waals surface area contributed by atoms with Gasteiger partial charge < -0.3 is 24.0 Å². The summed E-state index contributed by atoms with van der Waals surface area (Å²) in [6.45, 7) is 0.810. The predicted molar refractivity (Wildman–Crippen MR) is 115 cm³/mol. The lowest BCUT2D eigenvalue weighted by molar-refractivity contribution is -0.140. The van der Waals surface area contributed by atoms with Gasteiger partial charge in [0.1, 0.15) is 11.6 Å². The van der Waals surface area contributed by atoms with Crippen LogP contribution in [0, 0.1) is 5.82 Å². The fourth-order valence-corrected chi connectivity index (χ4v) is 4.17. The number of carbonyl (C=O) groups excluding carboxylic acids is 2. The maximum absolute atomic E-state index is 14.8. The average Bonchev–Trinajstić information content (AvgIpc) is 3.55. The van der Waals surface area contributed by atoms with Gasteiger partial charge in [0, 0.05) is 36.6 Å². The van der Waals surface area contributed by atoms with Crippen LogP contribution in [0.2, 0.25) is 0 Å². The number of ketones is 1. The third-order valence-corrected chi connectivity index (χ3v) is 5.76. The molecule has 0 saturated carbocycles. The highest BCUT2D eigenvalue weighted by Crippen LogP contribution is 2.42. The highest BCUT2D eigenvalue weighted by atomic mass is 19.1. The summed E-state index contributed by atoms with van der Waals surface area (Å²) < 4.78 is 27.3. The van der Waals surface area contributed by atoms with Crippen molar-refractivity contribution >= 4 is 17.4 Å². The van der Waals surface area contributed by atoms with E-state index in [1.54, 1.807) is 36.9 Å². The Morgan fingerprint density at radius 2 is 1.94 bits per heavy atom. The van der Waals surface area contributed by atoms with Crippen LogP contribution in [0.4, 0.5) is 4.39 Å². The predicted octanol–water partition coefficient (Wildman–Crippen LogP) is 3.26. The molecule has 9 heteroatoms. The van der Waals surface area contributed by atoms with Crippen LogP contribution in [0.1, 0.15) is 23.6 Å². The first-order valence-electron chi connectivity index (χ1n) is 10.4. The number of halogens is 1. The van der Waals surface area contributed by atoms with Crippen LogP contribution < -0.4 is 9.47 Å². The molecular weight excluding hydrogens is 429 g/mol. The Morgan fingerprint density at radius 1 is 1.12 bits per heavy atom. The zero-order valence-electron chi connectivity index (χ0n) is 17.5. The van der Waals surface area contributed by atoms with Gasteiger partial charge in [-0.1, -0.05) is 18.2 Å². The molecule has 1 unspecified atom stereocenters. The lowest BCUT2D eigenvalue weighted by Gasteiger charge is -2.25. The number of Topliss-reactive ketones (excluding diaryl/α,β-unsaturated/α-hetero) is 1. The minimum atomic E-state index is -1.06. The monoisotopic (exact) mass is 449 g/mol. The van der Waals surface area contributed by atoms with Crippen molar-refractivity contribution in [1.29, 1.82) is 0 Å². The Bertz CT molecular complexity index is 1250. The molecule has 3 aromatic rings. The van der Waals surface area contributed by atoms with Crippen molar-refractivity contribution < 1.29 is 28.6 Å². The van der Waals surface area contributed by atoms with Crippen molar-refractivity contribution in [3.8, 4) is 11.5 Å². The third-order valence-electron chi connectivity index (χ3n) is 5.76. The van der Waals surface area contributed by atoms with E-state index in [0.717, 1.165) is 0 Å². The Hall–Kier alpha value is -4.14. The molecule has 0 spiro atoms. The van der Waals surface area contributed by atoms with Crippen molar-refractivity contribution in [3.63, 3.8) is 0 Å². The zero-order valence-corrected chi connectivity index (χ0v) is 17.5. The SMILES string of the molecule is O=C1C(=O)N(CCCn2ccnc2)C(c2ccccc2F)C1=C(O)c1ccc2c(c1)OCO2. The smallest absolute Gasteiger partial charge is 0.295 e. The van der Waals surface area contributed by atoms with Crippen LogP contribution in [0.25, 0.3) is 5.76 Å². The molecule has 1 N–H and O–H groups in total. The molecule has 1 aromatic heterocycles. The summed E-state index contributed by atoms with van der Waals surface area (Å²) in [6.07, 6.45) is 5.61. The topological polar surface area (TPSA) is 93.9 Å². The lowest BCUT2D eigenvalue weighted by Crippen LogP contribution is -2.31. The third kappa shape index (κ3) is 3.71. The Kier molecular flexibility index (Phi) is 5.29. The van der Waals surface area contributed by atoms with Gasteiger partial charge in [-0.3, -0.25) is 9.59 Å². The molecule has 1 fully saturated rings. The second kappa shape index (κ2) is 8.42. The standard InChI is InChI=1S/C24H20FN3O5/c25-17-5-2-1-4-16(17)21-20(22(29)15-6-7-18-19(12-15)33-14-32-18)23(30)24(31)28(21)10-3-9-27-11-8-26-13-27/h1-2,4-8,11-13,21,29H,3,9-10,14H2. The molecule has 8 nitrogen and oxygen atoms in total. The summed E-state index contributed by atoms with van der Waals surface area (Å²) in [5.74, 6) is -1.68. The summed E-state index contributed by atoms with van der Waals surface area (Å²) in [6, 6.07) is 9.59. The fourth-order valence-electron chi connectivity index (χ4n) is 4.17. The number of nitrogens with zero attached hydrogens (tertiary/aromatic N) is 3. The molecule has 1 saturated heterocycles. The van der Waals surface area contributed by atoms with Crippen molar-refractivity contribution in [1.82, 2.24) is 14.5 Å². The second-order valence-electron chi connectivity index (χ2n) is 7.74. The van der Waals surface area contributed by atoms with Gasteiger partial charge in [-0.25, -0.2) is 9.37 Å². The van der Waals surface area contributed by atoms with E-state index in [9.17, 15) is 19.1 Å². The largest absolute Gasteiger partial charge is 0.507 e. The number of aryl methyl sites for hydroxylation is 1. The Labute approximate surface area is 188 Å². The van der Waals surface area contributed by atoms with Crippen LogP contribution >= 0.6 is 0 Å². The summed E-state index contributed by atoms with van der Waals surface area (Å²) in [7, 11) is 0. The quantitative estimate of drug-likeness (QED) is 0.353. The van der Waals surface area contributed by atoms with E-state index in [0.29, 0.717) is 24.5 Å². The number of likely N-dealkylation sites (tertiary alicyclic amines) is 1. The van der Waals surface area contributed by atoms with Crippen molar-refractivity contribution in [2.75, 3.05) is 13.3 Å². The van der Waals surface area contributed by atoms with Crippen LogP contribution in [0.5, 0.6) is 11.5 Å². The van der Waals surface area contributed by atoms with Gasteiger partial charge in [-0.05, 0) is 30.7 Å². The van der Waals surface area contributed by atoms with E-state index in [-0.39, 0.29) is 30.0 Å². The minimum Gasteiger partial charge on any atom is -0.507 e. The molecule has 2 aliphatic rings. The van der Waals surface area contributed by atoms with Crippen LogP contribution in [-0.4, -0.2) is 44.6 Å². The molecule has 168 valence electrons. The molecule has 33 heavy (non-hydrogen) atoms. The van der Waals surface area contributed by atoms with E-state index >= 15 is 0 Å². The lowest BCUT2D eigenvalue weighted by atomic mass is 9.94. The number of aliphatic hydroxyl groups is 1. The van der Waals surface area contributed by atoms with Gasteiger partial charge in [0.25, 0.3) is 11.7 Å². The highest BCUT2D eigenvalue weighted by Gasteiger charge is 2.46. The zero-order chi connectivity index (χ0) is 22.9. The van der Waals surface area contributed by atoms with Gasteiger partial charge in [-0.15, -0.1) is 0 Å². The van der Waals surface area contributed by atoms with Gasteiger partial charge >= 0.3 is 0 Å². The normalized spacial score (nSPS) is 18.8. The molecule has 2 aromatic carbocycles. The first-order valence-corrected chi connectivity index (χ1v) is 10.4. The second-order valence-corrected chi connectivity index (χ2v) is 7.74. The highest BCUT2D eigenvalue weighted by molar-refractivity contribution is 6.46. The number of ether oxygens (including phenoxy) is 2. The van der Waals surface area contributed by atoms with E-state index in [1.165, 1.54) is 29.2 Å². The van der Waals surface area contributed by atoms with Crippen molar-refractivity contribution in [2.24, 2.45) is 0 Å². The molecule has 1 atom stereocenters. The van der Waals surface area contributed by atoms with Gasteiger partial charge in [0.2, 0.25) is 6.79 Å². The number of hydrogen-bond acceptors (Lipinski definition) is 6. The van der Waals surface area contributed by atoms with Crippen molar-refractivity contribution in [2.45, 2.75) is 19.0 Å². The number of imidazole rings is 1. The molecule has 0 aliphatic carbocycles. The summed E-state index contributed by atoms with van der Waals surface area (Å²) in [4.78, 5) is 31.3. The summed E-state index contributed by atoms with van der Waals surface area (Å²) in [5.41, 5.74) is 0.255. The average molecular weight is 449 g/mol. The number of aromatic nitrogens is 2. The van der Waals surface area contributed by atoms with Crippen molar-refractivity contribution in [3.05, 3.63) is 83.7 Å². The number of aliphatic hydroxyl groups excluding tert-OH is 1. The molecule has 2 aliphatic heterocycles. The Morgan fingerprint density at radius 3 is 2.73 bits per heavy atom. The maximum Gasteiger partial charge on any atom is 0.295 e. The number of amides is 1. The molecular formula is C24H20FN3O5. The van der Waals surface area contributed by atoms with E-state index in [1.807, 2.05) is 4.57 Å². The first-order chi connectivity index (χ1) is 16.0. The summed E-state index contributed by atoms with van der Waals surface area (Å²) >= 11 is 0. The Balaban J connectivity index is 1.55. The number of fused-ring (bicyclic) bond motifs is 1. The number of hydrogen-bond donors (Lipinski definition) is 1. The fraction of sp³-hybridized carbons (Fsp3) is 0.208. The van der Waals surface area contributed by atoms with E-state index in [4.69, 9.17) is 9.47 Å². The van der Waals surface area contributed by atoms with Gasteiger partial charge in [0.15, 0.2) is 11.5 Å². The number of benzene rings is 2. The molecule has 1 amide bonds. The van der Waals surface area contributed by atoms with Crippen LogP contribution in [0.3, 0.4) is 0 Å². The molecule has 5 rings (SSSR count). The van der Waals surface area contributed by atoms with E-state index < -0.39 is 29.3 Å². The molecule has 3 heterocycles. The van der Waals surface area contributed by atoms with Gasteiger partial charge in [0.05, 0.1) is 17.9 Å². The maximum atomic E-state index is 14.8. The molecule has 0 radical (unpaired) electrons. The van der Waals surface area contributed by atoms with Gasteiger partial charge in [-0.2, -0.15) is 0 Å². The summed E-state index contributed by atoms with van der Waals surface area (Å²) in [5, 5.41) is 11.1.